The van der Waals surface area contributed by atoms with Gasteiger partial charge in [-0.2, -0.15) is 0 Å². The fourth-order valence-electron chi connectivity index (χ4n) is 1.77. The Morgan fingerprint density at radius 2 is 2.10 bits per heavy atom. The molecule has 0 saturated carbocycles. The van der Waals surface area contributed by atoms with Crippen LogP contribution in [0.1, 0.15) is 26.7 Å². The fraction of sp³-hybridized carbons (Fsp3) is 0.500. The van der Waals surface area contributed by atoms with Gasteiger partial charge in [0.2, 0.25) is 15.9 Å². The van der Waals surface area contributed by atoms with Gasteiger partial charge in [-0.25, -0.2) is 8.42 Å². The van der Waals surface area contributed by atoms with Crippen LogP contribution in [0.5, 0.6) is 0 Å². The van der Waals surface area contributed by atoms with Crippen molar-refractivity contribution in [2.24, 2.45) is 0 Å². The Kier molecular flexibility index (Phi) is 6.67. The topological polar surface area (TPSA) is 66.5 Å². The Morgan fingerprint density at radius 1 is 1.43 bits per heavy atom. The molecule has 118 valence electrons. The van der Waals surface area contributed by atoms with E-state index in [1.54, 1.807) is 18.2 Å². The number of rotatable bonds is 7. The lowest BCUT2D eigenvalue weighted by atomic mass is 10.2. The second-order valence-electron chi connectivity index (χ2n) is 4.94. The molecule has 0 saturated heterocycles. The van der Waals surface area contributed by atoms with Gasteiger partial charge >= 0.3 is 0 Å². The smallest absolute Gasteiger partial charge is 0.232 e. The highest BCUT2D eigenvalue weighted by molar-refractivity contribution is 9.10. The molecule has 1 rings (SSSR count). The monoisotopic (exact) mass is 376 g/mol. The molecule has 0 heterocycles. The molecule has 1 atom stereocenters. The first-order valence-electron chi connectivity index (χ1n) is 6.76. The molecular weight excluding hydrogens is 356 g/mol. The number of carbonyl (C=O) groups excluding carboxylic acids is 1. The molecule has 0 bridgehead atoms. The van der Waals surface area contributed by atoms with Gasteiger partial charge in [-0.1, -0.05) is 28.9 Å². The Balaban J connectivity index is 2.80. The van der Waals surface area contributed by atoms with Crippen molar-refractivity contribution in [1.29, 1.82) is 0 Å². The molecule has 0 fully saturated rings. The van der Waals surface area contributed by atoms with Gasteiger partial charge in [-0.3, -0.25) is 9.10 Å². The molecule has 1 aromatic rings. The van der Waals surface area contributed by atoms with Crippen molar-refractivity contribution in [3.8, 4) is 0 Å². The Labute approximate surface area is 134 Å². The molecule has 5 nitrogen and oxygen atoms in total. The molecule has 21 heavy (non-hydrogen) atoms. The molecule has 1 unspecified atom stereocenters. The highest BCUT2D eigenvalue weighted by atomic mass is 79.9. The predicted molar refractivity (Wildman–Crippen MR) is 88.8 cm³/mol. The first-order chi connectivity index (χ1) is 9.74. The molecule has 1 aromatic carbocycles. The maximum absolute atomic E-state index is 11.9. The zero-order valence-corrected chi connectivity index (χ0v) is 14.9. The summed E-state index contributed by atoms with van der Waals surface area (Å²) >= 11 is 3.32. The molecule has 0 spiro atoms. The minimum Gasteiger partial charge on any atom is -0.354 e. The lowest BCUT2D eigenvalue weighted by Crippen LogP contribution is -2.37. The summed E-state index contributed by atoms with van der Waals surface area (Å²) in [6, 6.07) is 7.10. The van der Waals surface area contributed by atoms with Gasteiger partial charge in [0.05, 0.1) is 11.9 Å². The van der Waals surface area contributed by atoms with E-state index in [1.807, 2.05) is 19.9 Å². The van der Waals surface area contributed by atoms with Crippen molar-refractivity contribution in [1.82, 2.24) is 5.32 Å². The van der Waals surface area contributed by atoms with Crippen LogP contribution in [0, 0.1) is 0 Å². The molecular formula is C14H21BrN2O3S. The molecule has 1 N–H and O–H groups in total. The molecule has 0 aliphatic rings. The van der Waals surface area contributed by atoms with Crippen LogP contribution >= 0.6 is 15.9 Å². The van der Waals surface area contributed by atoms with Crippen LogP contribution in [-0.4, -0.2) is 33.2 Å². The van der Waals surface area contributed by atoms with E-state index in [-0.39, 0.29) is 24.9 Å². The zero-order chi connectivity index (χ0) is 16.0. The second-order valence-corrected chi connectivity index (χ2v) is 7.76. The first kappa shape index (κ1) is 18.0. The molecule has 7 heteroatoms. The van der Waals surface area contributed by atoms with E-state index in [0.717, 1.165) is 17.1 Å². The summed E-state index contributed by atoms with van der Waals surface area (Å²) in [6.07, 6.45) is 2.11. The number of benzene rings is 1. The minimum atomic E-state index is -3.43. The van der Waals surface area contributed by atoms with Crippen LogP contribution < -0.4 is 9.62 Å². The van der Waals surface area contributed by atoms with E-state index >= 15 is 0 Å². The summed E-state index contributed by atoms with van der Waals surface area (Å²) in [5, 5.41) is 2.83. The Hall–Kier alpha value is -1.08. The van der Waals surface area contributed by atoms with Gasteiger partial charge in [-0.15, -0.1) is 0 Å². The Bertz CT molecular complexity index is 590. The van der Waals surface area contributed by atoms with Crippen molar-refractivity contribution in [2.45, 2.75) is 32.7 Å². The number of sulfonamides is 1. The molecule has 0 aliphatic carbocycles. The van der Waals surface area contributed by atoms with Crippen LogP contribution in [0.2, 0.25) is 0 Å². The maximum Gasteiger partial charge on any atom is 0.232 e. The number of nitrogens with one attached hydrogen (secondary N) is 1. The highest BCUT2D eigenvalue weighted by Gasteiger charge is 2.19. The largest absolute Gasteiger partial charge is 0.354 e. The number of anilines is 1. The van der Waals surface area contributed by atoms with Gasteiger partial charge in [0.25, 0.3) is 0 Å². The number of halogens is 1. The third-order valence-corrected chi connectivity index (χ3v) is 4.75. The summed E-state index contributed by atoms with van der Waals surface area (Å²) in [6.45, 7) is 4.02. The minimum absolute atomic E-state index is 0.0926. The molecule has 0 aromatic heterocycles. The van der Waals surface area contributed by atoms with Gasteiger partial charge < -0.3 is 5.32 Å². The summed E-state index contributed by atoms with van der Waals surface area (Å²) in [5.41, 5.74) is 0.545. The van der Waals surface area contributed by atoms with Crippen molar-refractivity contribution in [2.75, 3.05) is 17.1 Å². The van der Waals surface area contributed by atoms with Gasteiger partial charge in [0, 0.05) is 23.5 Å². The van der Waals surface area contributed by atoms with Crippen molar-refractivity contribution in [3.05, 3.63) is 28.7 Å². The molecule has 0 aliphatic heterocycles. The summed E-state index contributed by atoms with van der Waals surface area (Å²) < 4.78 is 25.9. The molecule has 1 amide bonds. The standard InChI is InChI=1S/C14H21BrN2O3S/c1-4-11(2)16-14(18)8-9-17(21(3,19)20)13-7-5-6-12(15)10-13/h5-7,10-11H,4,8-9H2,1-3H3,(H,16,18). The molecule has 0 radical (unpaired) electrons. The van der Waals surface area contributed by atoms with E-state index in [4.69, 9.17) is 0 Å². The van der Waals surface area contributed by atoms with E-state index in [2.05, 4.69) is 21.2 Å². The zero-order valence-electron chi connectivity index (χ0n) is 12.5. The van der Waals surface area contributed by atoms with Crippen LogP contribution in [0.4, 0.5) is 5.69 Å². The quantitative estimate of drug-likeness (QED) is 0.794. The van der Waals surface area contributed by atoms with E-state index < -0.39 is 10.0 Å². The number of nitrogens with zero attached hydrogens (tertiary/aromatic N) is 1. The lowest BCUT2D eigenvalue weighted by Gasteiger charge is -2.22. The number of amides is 1. The van der Waals surface area contributed by atoms with Crippen molar-refractivity contribution in [3.63, 3.8) is 0 Å². The van der Waals surface area contributed by atoms with Crippen LogP contribution in [0.15, 0.2) is 28.7 Å². The number of hydrogen-bond donors (Lipinski definition) is 1. The fourth-order valence-corrected chi connectivity index (χ4v) is 3.08. The van der Waals surface area contributed by atoms with Crippen molar-refractivity contribution < 1.29 is 13.2 Å². The lowest BCUT2D eigenvalue weighted by molar-refractivity contribution is -0.121. The van der Waals surface area contributed by atoms with E-state index in [9.17, 15) is 13.2 Å². The second kappa shape index (κ2) is 7.79. The van der Waals surface area contributed by atoms with Gasteiger partial charge in [-0.05, 0) is 31.5 Å². The van der Waals surface area contributed by atoms with Gasteiger partial charge in [0.1, 0.15) is 0 Å². The maximum atomic E-state index is 11.9. The first-order valence-corrected chi connectivity index (χ1v) is 9.40. The van der Waals surface area contributed by atoms with Crippen LogP contribution in [-0.2, 0) is 14.8 Å². The summed E-state index contributed by atoms with van der Waals surface area (Å²) in [4.78, 5) is 11.8. The van der Waals surface area contributed by atoms with Crippen molar-refractivity contribution >= 4 is 37.5 Å². The average molecular weight is 377 g/mol. The van der Waals surface area contributed by atoms with E-state index in [0.29, 0.717) is 5.69 Å². The Morgan fingerprint density at radius 3 is 2.62 bits per heavy atom. The van der Waals surface area contributed by atoms with Crippen LogP contribution in [0.25, 0.3) is 0 Å². The van der Waals surface area contributed by atoms with E-state index in [1.165, 1.54) is 4.31 Å². The normalized spacial score (nSPS) is 12.8. The average Bonchev–Trinajstić information content (AvgIpc) is 2.37. The summed E-state index contributed by atoms with van der Waals surface area (Å²) in [5.74, 6) is -0.145. The van der Waals surface area contributed by atoms with Crippen LogP contribution in [0.3, 0.4) is 0 Å². The SMILES string of the molecule is CCC(C)NC(=O)CCN(c1cccc(Br)c1)S(C)(=O)=O. The predicted octanol–water partition coefficient (Wildman–Crippen LogP) is 2.52. The highest BCUT2D eigenvalue weighted by Crippen LogP contribution is 2.22. The number of carbonyl (C=O) groups is 1. The summed E-state index contributed by atoms with van der Waals surface area (Å²) in [7, 11) is -3.43. The van der Waals surface area contributed by atoms with Gasteiger partial charge in [0.15, 0.2) is 0 Å². The number of hydrogen-bond acceptors (Lipinski definition) is 3. The third kappa shape index (κ3) is 6.05. The third-order valence-electron chi connectivity index (χ3n) is 3.06.